The van der Waals surface area contributed by atoms with Crippen molar-refractivity contribution in [2.24, 2.45) is 5.73 Å². The van der Waals surface area contributed by atoms with Crippen molar-refractivity contribution >= 4 is 53.8 Å². The maximum absolute atomic E-state index is 6.46. The zero-order chi connectivity index (χ0) is 15.7. The van der Waals surface area contributed by atoms with Crippen LogP contribution in [-0.4, -0.2) is 9.78 Å². The van der Waals surface area contributed by atoms with Gasteiger partial charge < -0.3 is 11.5 Å². The normalized spacial score (nSPS) is 10.5. The number of anilines is 1. The summed E-state index contributed by atoms with van der Waals surface area (Å²) in [6.07, 6.45) is 3.65. The molecule has 0 radical (unpaired) electrons. The Bertz CT molecular complexity index is 796. The fraction of sp³-hybridized carbons (Fsp3) is 0.278. The van der Waals surface area contributed by atoms with E-state index in [-0.39, 0.29) is 42.8 Å². The molecule has 1 aromatic heterocycles. The maximum atomic E-state index is 6.46. The van der Waals surface area contributed by atoms with E-state index in [1.54, 1.807) is 0 Å². The lowest BCUT2D eigenvalue weighted by Crippen LogP contribution is -2.34. The third-order valence-corrected chi connectivity index (χ3v) is 4.60. The fourth-order valence-corrected chi connectivity index (χ4v) is 2.87. The summed E-state index contributed by atoms with van der Waals surface area (Å²) in [5.74, 6) is 0. The number of aromatic nitrogens is 2. The Morgan fingerprint density at radius 1 is 0.960 bits per heavy atom. The van der Waals surface area contributed by atoms with Crippen LogP contribution in [-0.2, 0) is 5.54 Å². The van der Waals surface area contributed by atoms with Gasteiger partial charge in [0.1, 0.15) is 0 Å². The molecule has 0 saturated heterocycles. The van der Waals surface area contributed by atoms with Crippen LogP contribution in [0.1, 0.15) is 32.3 Å². The van der Waals surface area contributed by atoms with Gasteiger partial charge in [-0.2, -0.15) is 5.10 Å². The molecule has 138 valence electrons. The van der Waals surface area contributed by atoms with Crippen molar-refractivity contribution in [3.8, 4) is 5.69 Å². The van der Waals surface area contributed by atoms with Gasteiger partial charge in [0.15, 0.2) is 0 Å². The lowest BCUT2D eigenvalue weighted by Gasteiger charge is -2.27. The van der Waals surface area contributed by atoms with Gasteiger partial charge in [-0.3, -0.25) is 0 Å². The predicted molar refractivity (Wildman–Crippen MR) is 114 cm³/mol. The topological polar surface area (TPSA) is 69.9 Å². The van der Waals surface area contributed by atoms with Crippen LogP contribution in [0.2, 0.25) is 0 Å². The molecule has 25 heavy (non-hydrogen) atoms. The lowest BCUT2D eigenvalue weighted by atomic mass is 9.86. The molecule has 0 aliphatic rings. The number of nitrogen functional groups attached to an aromatic ring is 1. The van der Waals surface area contributed by atoms with Gasteiger partial charge in [-0.25, -0.2) is 4.68 Å². The van der Waals surface area contributed by atoms with Crippen LogP contribution in [0.3, 0.4) is 0 Å². The van der Waals surface area contributed by atoms with E-state index in [2.05, 4.69) is 43.2 Å². The highest BCUT2D eigenvalue weighted by Gasteiger charge is 2.22. The zero-order valence-electron chi connectivity index (χ0n) is 14.3. The van der Waals surface area contributed by atoms with Gasteiger partial charge in [0.05, 0.1) is 17.4 Å². The lowest BCUT2D eigenvalue weighted by molar-refractivity contribution is 0.413. The molecule has 0 spiro atoms. The van der Waals surface area contributed by atoms with Crippen molar-refractivity contribution in [2.75, 3.05) is 5.73 Å². The molecule has 4 N–H and O–H groups in total. The minimum Gasteiger partial charge on any atom is -0.398 e. The summed E-state index contributed by atoms with van der Waals surface area (Å²) in [6.45, 7) is 4.25. The first-order chi connectivity index (χ1) is 10.6. The Morgan fingerprint density at radius 2 is 1.56 bits per heavy atom. The summed E-state index contributed by atoms with van der Waals surface area (Å²) in [6, 6.07) is 14.2. The van der Waals surface area contributed by atoms with Gasteiger partial charge in [-0.1, -0.05) is 32.0 Å². The fourth-order valence-electron chi connectivity index (χ4n) is 2.87. The number of fused-ring (bicyclic) bond motifs is 1. The molecule has 0 amide bonds. The molecule has 4 nitrogen and oxygen atoms in total. The highest BCUT2D eigenvalue weighted by molar-refractivity contribution is 5.91. The minimum atomic E-state index is -0.255. The standard InChI is InChI=1S/C18H22N4.3ClH/c1-3-18(20,4-2)13-8-10-14(11-9-13)22-17-7-5-6-16(19)15(17)12-21-22;;;/h5-12H,3-4,19-20H2,1-2H3;3*1H. The van der Waals surface area contributed by atoms with Crippen molar-refractivity contribution in [1.82, 2.24) is 9.78 Å². The minimum absolute atomic E-state index is 0. The van der Waals surface area contributed by atoms with Gasteiger partial charge in [-0.15, -0.1) is 37.2 Å². The summed E-state index contributed by atoms with van der Waals surface area (Å²) in [4.78, 5) is 0. The monoisotopic (exact) mass is 402 g/mol. The van der Waals surface area contributed by atoms with Crippen LogP contribution in [0, 0.1) is 0 Å². The first-order valence-corrected chi connectivity index (χ1v) is 7.71. The van der Waals surface area contributed by atoms with E-state index in [4.69, 9.17) is 11.5 Å². The van der Waals surface area contributed by atoms with Crippen LogP contribution < -0.4 is 11.5 Å². The molecular weight excluding hydrogens is 379 g/mol. The SMILES string of the molecule is CCC(N)(CC)c1ccc(-n2ncc3c(N)cccc32)cc1.Cl.Cl.Cl. The van der Waals surface area contributed by atoms with E-state index < -0.39 is 0 Å². The van der Waals surface area contributed by atoms with Crippen molar-refractivity contribution in [3.63, 3.8) is 0 Å². The third kappa shape index (κ3) is 4.21. The average molecular weight is 404 g/mol. The Kier molecular flexibility index (Phi) is 8.75. The highest BCUT2D eigenvalue weighted by Crippen LogP contribution is 2.28. The van der Waals surface area contributed by atoms with Crippen molar-refractivity contribution in [3.05, 3.63) is 54.2 Å². The average Bonchev–Trinajstić information content (AvgIpc) is 3.00. The van der Waals surface area contributed by atoms with Gasteiger partial charge in [0.2, 0.25) is 0 Å². The van der Waals surface area contributed by atoms with Gasteiger partial charge in [0.25, 0.3) is 0 Å². The summed E-state index contributed by atoms with van der Waals surface area (Å²) in [5, 5.41) is 5.44. The quantitative estimate of drug-likeness (QED) is 0.612. The van der Waals surface area contributed by atoms with Crippen LogP contribution in [0.15, 0.2) is 48.7 Å². The molecular formula is C18H25Cl3N4. The number of benzene rings is 2. The van der Waals surface area contributed by atoms with Crippen LogP contribution >= 0.6 is 37.2 Å². The number of nitrogens with zero attached hydrogens (tertiary/aromatic N) is 2. The molecule has 0 saturated carbocycles. The molecule has 3 rings (SSSR count). The molecule has 0 unspecified atom stereocenters. The molecule has 7 heteroatoms. The largest absolute Gasteiger partial charge is 0.398 e. The molecule has 0 fully saturated rings. The number of halogens is 3. The molecule has 0 aliphatic carbocycles. The second kappa shape index (κ2) is 9.30. The zero-order valence-corrected chi connectivity index (χ0v) is 16.8. The van der Waals surface area contributed by atoms with Gasteiger partial charge >= 0.3 is 0 Å². The molecule has 0 aliphatic heterocycles. The van der Waals surface area contributed by atoms with E-state index >= 15 is 0 Å². The molecule has 3 aromatic rings. The van der Waals surface area contributed by atoms with E-state index in [9.17, 15) is 0 Å². The van der Waals surface area contributed by atoms with E-state index in [0.717, 1.165) is 40.7 Å². The van der Waals surface area contributed by atoms with Crippen molar-refractivity contribution in [1.29, 1.82) is 0 Å². The molecule has 0 bridgehead atoms. The number of hydrogen-bond donors (Lipinski definition) is 2. The second-order valence-corrected chi connectivity index (χ2v) is 5.75. The number of nitrogens with two attached hydrogens (primary N) is 2. The smallest absolute Gasteiger partial charge is 0.0761 e. The Labute approximate surface area is 167 Å². The molecule has 1 heterocycles. The van der Waals surface area contributed by atoms with Crippen LogP contribution in [0.25, 0.3) is 16.6 Å². The first-order valence-electron chi connectivity index (χ1n) is 7.71. The van der Waals surface area contributed by atoms with Crippen molar-refractivity contribution < 1.29 is 0 Å². The Morgan fingerprint density at radius 3 is 2.12 bits per heavy atom. The van der Waals surface area contributed by atoms with Gasteiger partial charge in [-0.05, 0) is 42.7 Å². The van der Waals surface area contributed by atoms with E-state index in [1.807, 2.05) is 29.1 Å². The Balaban J connectivity index is 0.00000192. The number of hydrogen-bond acceptors (Lipinski definition) is 3. The van der Waals surface area contributed by atoms with E-state index in [1.165, 1.54) is 0 Å². The maximum Gasteiger partial charge on any atom is 0.0761 e. The molecule has 2 aromatic carbocycles. The van der Waals surface area contributed by atoms with Crippen LogP contribution in [0.4, 0.5) is 5.69 Å². The summed E-state index contributed by atoms with van der Waals surface area (Å²) >= 11 is 0. The summed E-state index contributed by atoms with van der Waals surface area (Å²) in [7, 11) is 0. The second-order valence-electron chi connectivity index (χ2n) is 5.75. The number of rotatable bonds is 4. The highest BCUT2D eigenvalue weighted by atomic mass is 35.5. The van der Waals surface area contributed by atoms with Gasteiger partial charge in [0, 0.05) is 16.6 Å². The predicted octanol–water partition coefficient (Wildman–Crippen LogP) is 4.85. The summed E-state index contributed by atoms with van der Waals surface area (Å²) < 4.78 is 1.91. The summed E-state index contributed by atoms with van der Waals surface area (Å²) in [5.41, 5.74) is 16.1. The third-order valence-electron chi connectivity index (χ3n) is 4.60. The van der Waals surface area contributed by atoms with Crippen LogP contribution in [0.5, 0.6) is 0 Å². The first kappa shape index (κ1) is 23.5. The van der Waals surface area contributed by atoms with E-state index in [0.29, 0.717) is 0 Å². The Hall–Kier alpha value is -1.46. The van der Waals surface area contributed by atoms with Crippen molar-refractivity contribution in [2.45, 2.75) is 32.2 Å². The molecule has 0 atom stereocenters.